The van der Waals surface area contributed by atoms with Gasteiger partial charge in [-0.1, -0.05) is 388 Å². The molecule has 0 bridgehead atoms. The van der Waals surface area contributed by atoms with Crippen LogP contribution in [0.25, 0.3) is 240 Å². The fourth-order valence-electron chi connectivity index (χ4n) is 20.1. The zero-order valence-corrected chi connectivity index (χ0v) is 71.2. The summed E-state index contributed by atoms with van der Waals surface area (Å²) >= 11 is 1.89. The van der Waals surface area contributed by atoms with Gasteiger partial charge in [-0.3, -0.25) is 9.97 Å². The number of para-hydroxylation sites is 3. The quantitative estimate of drug-likeness (QED) is 0.0956. The molecule has 602 valence electrons. The van der Waals surface area contributed by atoms with Crippen molar-refractivity contribution in [3.05, 3.63) is 486 Å². The summed E-state index contributed by atoms with van der Waals surface area (Å²) in [5.41, 5.74) is 31.3. The van der Waals surface area contributed by atoms with Crippen LogP contribution in [0, 0.1) is 0 Å². The number of fused-ring (bicyclic) bond motifs is 16. The van der Waals surface area contributed by atoms with Gasteiger partial charge in [-0.2, -0.15) is 0 Å². The van der Waals surface area contributed by atoms with Gasteiger partial charge in [0.05, 0.1) is 33.1 Å². The highest BCUT2D eigenvalue weighted by Crippen LogP contribution is 2.49. The summed E-state index contributed by atoms with van der Waals surface area (Å²) in [5, 5.41) is 20.1. The van der Waals surface area contributed by atoms with Gasteiger partial charge in [-0.25, -0.2) is 0 Å². The van der Waals surface area contributed by atoms with Crippen LogP contribution in [-0.2, 0) is 0 Å². The second-order valence-electron chi connectivity index (χ2n) is 33.2. The average Bonchev–Trinajstić information content (AvgIpc) is 0.879. The molecule has 0 unspecified atom stereocenters. The first-order valence-electron chi connectivity index (χ1n) is 44.1. The van der Waals surface area contributed by atoms with Crippen molar-refractivity contribution in [3.63, 3.8) is 0 Å². The molecule has 0 aliphatic rings. The minimum atomic E-state index is 0.946. The Bertz CT molecular complexity index is 8650. The Morgan fingerprint density at radius 2 is 0.465 bits per heavy atom. The fourth-order valence-corrected chi connectivity index (χ4v) is 21.4. The molecule has 26 rings (SSSR count). The predicted molar refractivity (Wildman–Crippen MR) is 550 cm³/mol. The van der Waals surface area contributed by atoms with Crippen LogP contribution < -0.4 is 0 Å². The molecule has 0 aliphatic carbocycles. The number of pyridine rings is 2. The van der Waals surface area contributed by atoms with Crippen molar-refractivity contribution in [2.45, 2.75) is 0 Å². The summed E-state index contributed by atoms with van der Waals surface area (Å²) in [6, 6.07) is 171. The van der Waals surface area contributed by atoms with Crippen LogP contribution >= 0.6 is 11.3 Å². The van der Waals surface area contributed by atoms with Gasteiger partial charge in [0.1, 0.15) is 0 Å². The van der Waals surface area contributed by atoms with Gasteiger partial charge in [-0.15, -0.1) is 11.3 Å². The van der Waals surface area contributed by atoms with Crippen LogP contribution in [0.4, 0.5) is 0 Å². The van der Waals surface area contributed by atoms with E-state index >= 15 is 0 Å². The Balaban J connectivity index is 0.000000115. The first kappa shape index (κ1) is 76.0. The van der Waals surface area contributed by atoms with Crippen molar-refractivity contribution in [3.8, 4) is 112 Å². The van der Waals surface area contributed by atoms with Gasteiger partial charge in [0.2, 0.25) is 0 Å². The number of benzene rings is 21. The molecule has 21 aromatic carbocycles. The second-order valence-corrected chi connectivity index (χ2v) is 34.3. The van der Waals surface area contributed by atoms with Crippen molar-refractivity contribution in [2.24, 2.45) is 0 Å². The van der Waals surface area contributed by atoms with Gasteiger partial charge in [0.15, 0.2) is 0 Å². The van der Waals surface area contributed by atoms with Crippen molar-refractivity contribution in [2.75, 3.05) is 0 Å². The molecule has 0 amide bonds. The van der Waals surface area contributed by atoms with Crippen molar-refractivity contribution in [1.29, 1.82) is 0 Å². The summed E-state index contributed by atoms with van der Waals surface area (Å²) < 4.78 is 7.46. The summed E-state index contributed by atoms with van der Waals surface area (Å²) in [5.74, 6) is 0. The Morgan fingerprint density at radius 3 is 0.930 bits per heavy atom. The summed E-state index contributed by atoms with van der Waals surface area (Å²) in [7, 11) is 0. The molecule has 26 aromatic rings. The molecule has 0 fully saturated rings. The number of rotatable bonds is 11. The fraction of sp³-hybridized carbons (Fsp3) is 0. The maximum absolute atomic E-state index is 4.67. The SMILES string of the molecule is c1ccc(-c2c3ccccc3c(-c3ccc(-c4ccc5c(c4)c4ccccc4n5-c4ccccc4)cc3)c3ccccc23)cc1.c1ccc(-c2c3ccccc3c(-c3ccccc3)c3cc(-c4ccc(-n5c6ccccc6c6cc(-c7cccc8c7sc7ccccc78)ccc65)cc4)ccc23)cc1.c1ccc(-c2ccnc3c2ccc2c(-c4ccccc4)ccnc23)cc1. The topological polar surface area (TPSA) is 35.6 Å². The number of nitrogens with zero attached hydrogens (tertiary/aromatic N) is 4. The molecule has 0 radical (unpaired) electrons. The van der Waals surface area contributed by atoms with E-state index in [0.717, 1.165) is 27.5 Å². The molecule has 5 heteroatoms. The molecule has 129 heavy (non-hydrogen) atoms. The maximum Gasteiger partial charge on any atom is 0.0970 e. The van der Waals surface area contributed by atoms with E-state index in [1.807, 2.05) is 35.9 Å². The first-order chi connectivity index (χ1) is 64.0. The molecule has 5 heterocycles. The lowest BCUT2D eigenvalue weighted by Crippen LogP contribution is -1.94. The van der Waals surface area contributed by atoms with Crippen LogP contribution in [0.3, 0.4) is 0 Å². The van der Waals surface area contributed by atoms with Gasteiger partial charge in [-0.05, 0) is 228 Å². The zero-order chi connectivity index (χ0) is 85.2. The highest BCUT2D eigenvalue weighted by molar-refractivity contribution is 7.26. The summed E-state index contributed by atoms with van der Waals surface area (Å²) in [4.78, 5) is 9.34. The van der Waals surface area contributed by atoms with Gasteiger partial charge in [0.25, 0.3) is 0 Å². The standard InChI is InChI=1S/C56H35NS.C44H29N.C24H16N2/c1-3-14-37(15-4-1)54-45-20-7-8-21-46(45)55(38-16-5-2-6-17-38)50-34-39(28-32-47(50)54)36-26-30-41(31-27-36)57-51-24-11-9-18-43(51)49-35-40(29-33-52(49)57)42-22-13-23-48-44-19-10-12-25-53(44)58-56(42)48;1-3-13-31(14-4-1)43-36-18-7-9-20-38(36)44(39-21-10-8-19-37(39)43)32-25-23-30(24-26-32)33-27-28-42-40(29-33)35-17-11-12-22-41(35)45(42)34-15-5-2-6-16-34;1-3-7-17(8-4-1)19-13-15-25-23-21(19)11-12-22-20(14-16-26-24(22)23)18-9-5-2-6-10-18/h1-35H;1-29H;1-16H. The highest BCUT2D eigenvalue weighted by Gasteiger charge is 2.23. The van der Waals surface area contributed by atoms with Crippen LogP contribution in [0.5, 0.6) is 0 Å². The number of hydrogen-bond donors (Lipinski definition) is 0. The molecule has 5 aromatic heterocycles. The molecular weight excluding hydrogens is 1580 g/mol. The molecular formula is C124H80N4S. The number of aromatic nitrogens is 4. The van der Waals surface area contributed by atoms with E-state index in [-0.39, 0.29) is 0 Å². The minimum Gasteiger partial charge on any atom is -0.309 e. The number of hydrogen-bond acceptors (Lipinski definition) is 3. The monoisotopic (exact) mass is 1660 g/mol. The Morgan fingerprint density at radius 1 is 0.163 bits per heavy atom. The smallest absolute Gasteiger partial charge is 0.0970 e. The molecule has 0 N–H and O–H groups in total. The van der Waals surface area contributed by atoms with Crippen molar-refractivity contribution in [1.82, 2.24) is 19.1 Å². The lowest BCUT2D eigenvalue weighted by atomic mass is 9.85. The zero-order valence-electron chi connectivity index (χ0n) is 70.4. The molecule has 0 aliphatic heterocycles. The van der Waals surface area contributed by atoms with E-state index in [0.29, 0.717) is 0 Å². The minimum absolute atomic E-state index is 0.946. The Hall–Kier alpha value is -16.7. The molecule has 0 saturated heterocycles. The average molecular weight is 1660 g/mol. The number of thiophene rings is 1. The van der Waals surface area contributed by atoms with E-state index in [1.165, 1.54) is 213 Å². The lowest BCUT2D eigenvalue weighted by Gasteiger charge is -2.19. The van der Waals surface area contributed by atoms with E-state index in [1.54, 1.807) is 0 Å². The largest absolute Gasteiger partial charge is 0.309 e. The van der Waals surface area contributed by atoms with Gasteiger partial charge >= 0.3 is 0 Å². The molecule has 0 atom stereocenters. The van der Waals surface area contributed by atoms with Crippen LogP contribution in [0.2, 0.25) is 0 Å². The van der Waals surface area contributed by atoms with E-state index < -0.39 is 0 Å². The normalized spacial score (nSPS) is 11.6. The molecule has 0 spiro atoms. The van der Waals surface area contributed by atoms with Gasteiger partial charge in [0, 0.05) is 76.3 Å². The van der Waals surface area contributed by atoms with Crippen molar-refractivity contribution >= 4 is 140 Å². The summed E-state index contributed by atoms with van der Waals surface area (Å²) in [6.45, 7) is 0. The third-order valence-corrected chi connectivity index (χ3v) is 27.2. The predicted octanol–water partition coefficient (Wildman–Crippen LogP) is 34.3. The van der Waals surface area contributed by atoms with Crippen molar-refractivity contribution < 1.29 is 0 Å². The molecule has 0 saturated carbocycles. The van der Waals surface area contributed by atoms with Crippen LogP contribution in [-0.4, -0.2) is 19.1 Å². The Kier molecular flexibility index (Phi) is 19.1. The third kappa shape index (κ3) is 13.4. The van der Waals surface area contributed by atoms with E-state index in [4.69, 9.17) is 0 Å². The van der Waals surface area contributed by atoms with Gasteiger partial charge < -0.3 is 9.13 Å². The highest BCUT2D eigenvalue weighted by atomic mass is 32.1. The van der Waals surface area contributed by atoms with Crippen LogP contribution in [0.15, 0.2) is 486 Å². The van der Waals surface area contributed by atoms with Crippen LogP contribution in [0.1, 0.15) is 0 Å². The Labute approximate surface area is 750 Å². The summed E-state index contributed by atoms with van der Waals surface area (Å²) in [6.07, 6.45) is 3.75. The van der Waals surface area contributed by atoms with E-state index in [2.05, 4.69) is 480 Å². The lowest BCUT2D eigenvalue weighted by molar-refractivity contribution is 1.18. The third-order valence-electron chi connectivity index (χ3n) is 26.0. The maximum atomic E-state index is 4.67. The first-order valence-corrected chi connectivity index (χ1v) is 45.0. The van der Waals surface area contributed by atoms with E-state index in [9.17, 15) is 0 Å². The second kappa shape index (κ2) is 32.4. The molecule has 4 nitrogen and oxygen atoms in total.